The molecular weight excluding hydrogens is 587 g/mol. The normalized spacial score (nSPS) is 13.9. The fourth-order valence-electron chi connectivity index (χ4n) is 4.76. The number of esters is 1. The van der Waals surface area contributed by atoms with E-state index in [0.29, 0.717) is 28.0 Å². The predicted octanol–water partition coefficient (Wildman–Crippen LogP) is 6.80. The molecule has 2 heterocycles. The number of carbonyl (C=O) groups is 2. The zero-order valence-electron chi connectivity index (χ0n) is 27.1. The average Bonchev–Trinajstić information content (AvgIpc) is 3.44. The molecule has 0 fully saturated rings. The quantitative estimate of drug-likeness (QED) is 0.175. The van der Waals surface area contributed by atoms with Gasteiger partial charge in [0.25, 0.3) is 0 Å². The number of ether oxygens (including phenoxy) is 3. The summed E-state index contributed by atoms with van der Waals surface area (Å²) in [6.07, 6.45) is -1.11. The SMILES string of the molecule is COc1cc(C(=O)OC(C)C)cc2nc(-c3cc4ccc([C@@H](C)N[S+]([O-])C(C)(C)C)c(F)c4n3C(=O)OC(C)(C)C)n(C)c12. The van der Waals surface area contributed by atoms with E-state index in [-0.39, 0.29) is 28.4 Å². The predicted molar refractivity (Wildman–Crippen MR) is 170 cm³/mol. The van der Waals surface area contributed by atoms with Gasteiger partial charge >= 0.3 is 12.1 Å². The van der Waals surface area contributed by atoms with Crippen molar-refractivity contribution in [2.24, 2.45) is 7.05 Å². The lowest BCUT2D eigenvalue weighted by molar-refractivity contribution is 0.0377. The lowest BCUT2D eigenvalue weighted by Gasteiger charge is -2.27. The second-order valence-electron chi connectivity index (χ2n) is 13.0. The summed E-state index contributed by atoms with van der Waals surface area (Å²) >= 11 is -1.46. The fourth-order valence-corrected chi connectivity index (χ4v) is 5.56. The molecule has 2 aromatic carbocycles. The first kappa shape index (κ1) is 33.3. The van der Waals surface area contributed by atoms with Crippen molar-refractivity contribution in [2.75, 3.05) is 7.11 Å². The van der Waals surface area contributed by atoms with E-state index < -0.39 is 45.6 Å². The zero-order valence-corrected chi connectivity index (χ0v) is 27.9. The van der Waals surface area contributed by atoms with Gasteiger partial charge in [-0.25, -0.2) is 23.5 Å². The Bertz CT molecular complexity index is 1730. The second kappa shape index (κ2) is 12.1. The lowest BCUT2D eigenvalue weighted by Crippen LogP contribution is -2.40. The van der Waals surface area contributed by atoms with Crippen LogP contribution in [0.15, 0.2) is 30.3 Å². The van der Waals surface area contributed by atoms with Gasteiger partial charge in [0.1, 0.15) is 21.6 Å². The first-order chi connectivity index (χ1) is 20.3. The van der Waals surface area contributed by atoms with Crippen molar-refractivity contribution in [3.63, 3.8) is 0 Å². The number of methoxy groups -OCH3 is 1. The summed E-state index contributed by atoms with van der Waals surface area (Å²) in [6.45, 7) is 15.9. The lowest BCUT2D eigenvalue weighted by atomic mass is 10.1. The van der Waals surface area contributed by atoms with Gasteiger partial charge in [-0.1, -0.05) is 12.1 Å². The topological polar surface area (TPSA) is 120 Å². The highest BCUT2D eigenvalue weighted by atomic mass is 32.2. The van der Waals surface area contributed by atoms with Crippen molar-refractivity contribution in [3.05, 3.63) is 47.3 Å². The van der Waals surface area contributed by atoms with E-state index in [0.717, 1.165) is 0 Å². The van der Waals surface area contributed by atoms with Crippen molar-refractivity contribution in [1.29, 1.82) is 0 Å². The second-order valence-corrected chi connectivity index (χ2v) is 15.0. The molecule has 4 aromatic rings. The molecule has 0 spiro atoms. The van der Waals surface area contributed by atoms with E-state index in [1.54, 1.807) is 83.5 Å². The number of fused-ring (bicyclic) bond motifs is 2. The van der Waals surface area contributed by atoms with Gasteiger partial charge in [0, 0.05) is 29.4 Å². The maximum atomic E-state index is 16.5. The highest BCUT2D eigenvalue weighted by Gasteiger charge is 2.32. The monoisotopic (exact) mass is 628 g/mol. The number of hydrogen-bond donors (Lipinski definition) is 1. The zero-order chi connectivity index (χ0) is 32.9. The van der Waals surface area contributed by atoms with Crippen LogP contribution < -0.4 is 9.46 Å². The van der Waals surface area contributed by atoms with Gasteiger partial charge in [0.15, 0.2) is 11.6 Å². The van der Waals surface area contributed by atoms with E-state index in [4.69, 9.17) is 19.2 Å². The molecule has 238 valence electrons. The van der Waals surface area contributed by atoms with Crippen LogP contribution in [0.1, 0.15) is 84.3 Å². The summed E-state index contributed by atoms with van der Waals surface area (Å²) in [5.41, 5.74) is 0.877. The number of halogens is 1. The van der Waals surface area contributed by atoms with Crippen LogP contribution >= 0.6 is 0 Å². The van der Waals surface area contributed by atoms with Crippen molar-refractivity contribution < 1.29 is 32.7 Å². The molecule has 0 amide bonds. The summed E-state index contributed by atoms with van der Waals surface area (Å²) in [6, 6.07) is 7.52. The number of hydrogen-bond acceptors (Lipinski definition) is 8. The Balaban J connectivity index is 1.97. The Kier molecular flexibility index (Phi) is 9.12. The fraction of sp³-hybridized carbons (Fsp3) is 0.469. The summed E-state index contributed by atoms with van der Waals surface area (Å²) in [4.78, 5) is 31.3. The summed E-state index contributed by atoms with van der Waals surface area (Å²) in [5, 5.41) is 0.441. The number of nitrogens with one attached hydrogen (secondary N) is 1. The Labute approximate surface area is 260 Å². The third kappa shape index (κ3) is 6.57. The largest absolute Gasteiger partial charge is 0.598 e. The molecule has 12 heteroatoms. The Hall–Kier alpha value is -3.61. The van der Waals surface area contributed by atoms with Gasteiger partial charge in [0.2, 0.25) is 0 Å². The molecular formula is C32H41FN4O6S. The molecule has 0 aliphatic heterocycles. The van der Waals surface area contributed by atoms with E-state index in [9.17, 15) is 14.1 Å². The van der Waals surface area contributed by atoms with Gasteiger partial charge in [0.05, 0.1) is 41.5 Å². The number of rotatable bonds is 7. The number of aromatic nitrogens is 3. The van der Waals surface area contributed by atoms with Gasteiger partial charge in [-0.2, -0.15) is 0 Å². The molecule has 0 saturated carbocycles. The average molecular weight is 629 g/mol. The van der Waals surface area contributed by atoms with E-state index >= 15 is 4.39 Å². The molecule has 2 aromatic heterocycles. The summed E-state index contributed by atoms with van der Waals surface area (Å²) in [7, 11) is 3.22. The van der Waals surface area contributed by atoms with Crippen molar-refractivity contribution in [3.8, 4) is 17.3 Å². The maximum absolute atomic E-state index is 16.5. The molecule has 0 radical (unpaired) electrons. The third-order valence-electron chi connectivity index (χ3n) is 6.78. The van der Waals surface area contributed by atoms with Crippen LogP contribution in [-0.2, 0) is 27.9 Å². The van der Waals surface area contributed by atoms with E-state index in [2.05, 4.69) is 4.72 Å². The maximum Gasteiger partial charge on any atom is 0.419 e. The Morgan fingerprint density at radius 3 is 2.27 bits per heavy atom. The Morgan fingerprint density at radius 2 is 1.70 bits per heavy atom. The van der Waals surface area contributed by atoms with Crippen LogP contribution in [0, 0.1) is 5.82 Å². The molecule has 2 atom stereocenters. The Morgan fingerprint density at radius 1 is 1.05 bits per heavy atom. The van der Waals surface area contributed by atoms with Crippen molar-refractivity contribution >= 4 is 45.4 Å². The highest BCUT2D eigenvalue weighted by Crippen LogP contribution is 2.37. The smallest absolute Gasteiger partial charge is 0.419 e. The highest BCUT2D eigenvalue weighted by molar-refractivity contribution is 7.90. The van der Waals surface area contributed by atoms with Crippen LogP contribution in [0.4, 0.5) is 9.18 Å². The van der Waals surface area contributed by atoms with Crippen LogP contribution in [0.2, 0.25) is 0 Å². The summed E-state index contributed by atoms with van der Waals surface area (Å²) < 4.78 is 51.3. The first-order valence-corrected chi connectivity index (χ1v) is 15.5. The van der Waals surface area contributed by atoms with E-state index in [1.165, 1.54) is 11.7 Å². The van der Waals surface area contributed by atoms with Crippen molar-refractivity contribution in [2.45, 2.75) is 84.8 Å². The molecule has 0 aliphatic carbocycles. The van der Waals surface area contributed by atoms with Gasteiger partial charge in [-0.05, 0) is 80.5 Å². The minimum absolute atomic E-state index is 0.00200. The molecule has 1 unspecified atom stereocenters. The van der Waals surface area contributed by atoms with Crippen LogP contribution in [0.5, 0.6) is 5.75 Å². The van der Waals surface area contributed by atoms with E-state index in [1.807, 2.05) is 20.8 Å². The molecule has 44 heavy (non-hydrogen) atoms. The van der Waals surface area contributed by atoms with Gasteiger partial charge in [-0.15, -0.1) is 4.72 Å². The first-order valence-electron chi connectivity index (χ1n) is 14.3. The van der Waals surface area contributed by atoms with Gasteiger partial charge < -0.3 is 23.3 Å². The molecule has 4 rings (SSSR count). The minimum atomic E-state index is -1.46. The molecule has 10 nitrogen and oxygen atoms in total. The van der Waals surface area contributed by atoms with Crippen LogP contribution in [0.3, 0.4) is 0 Å². The third-order valence-corrected chi connectivity index (χ3v) is 8.46. The number of carbonyl (C=O) groups excluding carboxylic acids is 2. The molecule has 0 bridgehead atoms. The number of nitrogens with zero attached hydrogens (tertiary/aromatic N) is 3. The minimum Gasteiger partial charge on any atom is -0.598 e. The van der Waals surface area contributed by atoms with Gasteiger partial charge in [-0.3, -0.25) is 0 Å². The molecule has 1 N–H and O–H groups in total. The summed E-state index contributed by atoms with van der Waals surface area (Å²) in [5.74, 6) is -0.490. The van der Waals surface area contributed by atoms with Crippen molar-refractivity contribution in [1.82, 2.24) is 18.8 Å². The molecule has 0 saturated heterocycles. The van der Waals surface area contributed by atoms with Crippen LogP contribution in [0.25, 0.3) is 33.5 Å². The standard InChI is InChI=1S/C32H41FN4O6S/c1-17(2)42-29(38)20-14-22-27(24(16-20)41-11)36(10)28(34-22)23-15-19-12-13-21(18(3)35-44(40)32(7,8)9)25(33)26(19)37(23)30(39)43-31(4,5)6/h12-18,35H,1-11H3/t18-,44?/m1/s1. The number of aryl methyl sites for hydroxylation is 1. The number of imidazole rings is 1. The van der Waals surface area contributed by atoms with Crippen LogP contribution in [-0.4, -0.2) is 54.3 Å². The number of benzene rings is 2. The molecule has 0 aliphatic rings.